The van der Waals surface area contributed by atoms with E-state index in [1.54, 1.807) is 30.3 Å². The van der Waals surface area contributed by atoms with Crippen molar-refractivity contribution in [2.24, 2.45) is 0 Å². The number of nitrogens with zero attached hydrogens (tertiary/aromatic N) is 3. The van der Waals surface area contributed by atoms with Gasteiger partial charge < -0.3 is 29.0 Å². The second kappa shape index (κ2) is 13.7. The number of hydrogen-bond acceptors (Lipinski definition) is 9. The van der Waals surface area contributed by atoms with Crippen LogP contribution in [0.25, 0.3) is 0 Å². The molecule has 11 heteroatoms. The van der Waals surface area contributed by atoms with Gasteiger partial charge in [0.25, 0.3) is 5.91 Å². The second-order valence-electron chi connectivity index (χ2n) is 9.54. The fourth-order valence-electron chi connectivity index (χ4n) is 5.05. The van der Waals surface area contributed by atoms with Crippen molar-refractivity contribution in [2.75, 3.05) is 40.4 Å². The largest absolute Gasteiger partial charge is 0.497 e. The number of methoxy groups -OCH3 is 5. The van der Waals surface area contributed by atoms with E-state index in [2.05, 4.69) is 15.3 Å². The first kappa shape index (κ1) is 29.4. The average molecular weight is 565 g/mol. The number of anilines is 1. The molecule has 1 aliphatic carbocycles. The van der Waals surface area contributed by atoms with Crippen molar-refractivity contribution in [3.8, 4) is 28.7 Å². The molecule has 2 amide bonds. The molecule has 1 N–H and O–H groups in total. The van der Waals surface area contributed by atoms with Gasteiger partial charge in [0, 0.05) is 36.6 Å². The zero-order valence-electron chi connectivity index (χ0n) is 24.0. The summed E-state index contributed by atoms with van der Waals surface area (Å²) in [5, 5.41) is 3.19. The Hall–Kier alpha value is -4.54. The number of benzene rings is 2. The average Bonchev–Trinajstić information content (AvgIpc) is 3.02. The van der Waals surface area contributed by atoms with E-state index < -0.39 is 11.9 Å². The maximum atomic E-state index is 14.3. The Morgan fingerprint density at radius 2 is 1.46 bits per heavy atom. The summed E-state index contributed by atoms with van der Waals surface area (Å²) in [6, 6.07) is 7.16. The van der Waals surface area contributed by atoms with Gasteiger partial charge in [-0.15, -0.1) is 0 Å². The summed E-state index contributed by atoms with van der Waals surface area (Å²) in [4.78, 5) is 38.3. The highest BCUT2D eigenvalue weighted by Gasteiger charge is 2.37. The quantitative estimate of drug-likeness (QED) is 0.362. The fourth-order valence-corrected chi connectivity index (χ4v) is 5.05. The van der Waals surface area contributed by atoms with Crippen molar-refractivity contribution in [2.45, 2.75) is 44.2 Å². The van der Waals surface area contributed by atoms with Crippen LogP contribution in [0.15, 0.2) is 48.9 Å². The number of carbonyl (C=O) groups is 2. The monoisotopic (exact) mass is 564 g/mol. The number of aromatic nitrogens is 2. The van der Waals surface area contributed by atoms with Crippen LogP contribution >= 0.6 is 0 Å². The van der Waals surface area contributed by atoms with Crippen molar-refractivity contribution in [1.82, 2.24) is 15.3 Å². The molecule has 0 bridgehead atoms. The predicted molar refractivity (Wildman–Crippen MR) is 152 cm³/mol. The highest BCUT2D eigenvalue weighted by molar-refractivity contribution is 6.09. The van der Waals surface area contributed by atoms with E-state index in [4.69, 9.17) is 23.7 Å². The summed E-state index contributed by atoms with van der Waals surface area (Å²) < 4.78 is 27.7. The van der Waals surface area contributed by atoms with Crippen LogP contribution in [-0.4, -0.2) is 63.4 Å². The van der Waals surface area contributed by atoms with Crippen LogP contribution in [0.3, 0.4) is 0 Å². The van der Waals surface area contributed by atoms with Gasteiger partial charge in [-0.05, 0) is 30.5 Å². The molecular formula is C30H36N4O7. The normalized spacial score (nSPS) is 14.0. The third kappa shape index (κ3) is 6.62. The van der Waals surface area contributed by atoms with Crippen molar-refractivity contribution in [3.63, 3.8) is 0 Å². The molecule has 1 fully saturated rings. The van der Waals surface area contributed by atoms with Crippen LogP contribution in [0.4, 0.5) is 5.69 Å². The lowest BCUT2D eigenvalue weighted by molar-refractivity contribution is -0.123. The maximum Gasteiger partial charge on any atom is 0.279 e. The molecule has 0 spiro atoms. The number of nitrogens with one attached hydrogen (secondary N) is 1. The second-order valence-corrected chi connectivity index (χ2v) is 9.54. The van der Waals surface area contributed by atoms with E-state index in [1.807, 2.05) is 0 Å². The summed E-state index contributed by atoms with van der Waals surface area (Å²) in [5.41, 5.74) is 0.846. The molecule has 1 aromatic heterocycles. The fraction of sp³-hybridized carbons (Fsp3) is 0.400. The molecule has 218 valence electrons. The molecule has 0 radical (unpaired) electrons. The maximum absolute atomic E-state index is 14.3. The number of ether oxygens (including phenoxy) is 5. The molecule has 1 aliphatic rings. The number of rotatable bonds is 11. The highest BCUT2D eigenvalue weighted by Crippen LogP contribution is 2.43. The number of amides is 2. The Morgan fingerprint density at radius 3 is 1.98 bits per heavy atom. The standard InChI is InChI=1S/C30H36N4O7/c1-37-22-15-21(16-23(17-22)38-2)34(30(36)24-18-31-11-12-32-24)27(29(35)33-20-9-7-6-8-10-20)19-13-25(39-3)28(41-5)26(14-19)40-4/h11-18,20,27H,6-10H2,1-5H3,(H,33,35). The van der Waals surface area contributed by atoms with E-state index in [0.29, 0.717) is 40.0 Å². The van der Waals surface area contributed by atoms with Gasteiger partial charge in [-0.3, -0.25) is 19.5 Å². The SMILES string of the molecule is COc1cc(OC)cc(N(C(=O)c2cnccn2)C(C(=O)NC2CCCCC2)c2cc(OC)c(OC)c(OC)c2)c1. The highest BCUT2D eigenvalue weighted by atomic mass is 16.5. The Balaban J connectivity index is 1.96. The molecule has 41 heavy (non-hydrogen) atoms. The van der Waals surface area contributed by atoms with Gasteiger partial charge >= 0.3 is 0 Å². The van der Waals surface area contributed by atoms with Gasteiger partial charge in [0.1, 0.15) is 23.2 Å². The van der Waals surface area contributed by atoms with Crippen molar-refractivity contribution in [1.29, 1.82) is 0 Å². The third-order valence-corrected chi connectivity index (χ3v) is 7.08. The summed E-state index contributed by atoms with van der Waals surface area (Å²) >= 11 is 0. The third-order valence-electron chi connectivity index (χ3n) is 7.08. The zero-order valence-corrected chi connectivity index (χ0v) is 24.0. The number of hydrogen-bond donors (Lipinski definition) is 1. The minimum absolute atomic E-state index is 0.0193. The first-order chi connectivity index (χ1) is 19.9. The molecule has 1 heterocycles. The molecule has 3 aromatic rings. The van der Waals surface area contributed by atoms with Gasteiger partial charge in [0.2, 0.25) is 11.7 Å². The summed E-state index contributed by atoms with van der Waals surface area (Å²) in [5.74, 6) is 0.997. The van der Waals surface area contributed by atoms with Gasteiger partial charge in [-0.25, -0.2) is 4.98 Å². The van der Waals surface area contributed by atoms with E-state index >= 15 is 0 Å². The topological polar surface area (TPSA) is 121 Å². The van der Waals surface area contributed by atoms with Crippen LogP contribution in [-0.2, 0) is 4.79 Å². The minimum atomic E-state index is -1.17. The minimum Gasteiger partial charge on any atom is -0.497 e. The van der Waals surface area contributed by atoms with Gasteiger partial charge in [-0.2, -0.15) is 0 Å². The molecule has 1 saturated carbocycles. The Kier molecular flexibility index (Phi) is 9.83. The van der Waals surface area contributed by atoms with Crippen LogP contribution in [0.2, 0.25) is 0 Å². The summed E-state index contributed by atoms with van der Waals surface area (Å²) in [6.45, 7) is 0. The first-order valence-corrected chi connectivity index (χ1v) is 13.4. The van der Waals surface area contributed by atoms with Crippen molar-refractivity contribution < 1.29 is 33.3 Å². The number of carbonyl (C=O) groups excluding carboxylic acids is 2. The van der Waals surface area contributed by atoms with Gasteiger partial charge in [0.05, 0.1) is 47.4 Å². The lowest BCUT2D eigenvalue weighted by atomic mass is 9.94. The van der Waals surface area contributed by atoms with E-state index in [0.717, 1.165) is 32.1 Å². The molecule has 0 saturated heterocycles. The van der Waals surface area contributed by atoms with Crippen LogP contribution in [0.1, 0.15) is 54.2 Å². The lowest BCUT2D eigenvalue weighted by Gasteiger charge is -2.34. The van der Waals surface area contributed by atoms with Gasteiger partial charge in [-0.1, -0.05) is 19.3 Å². The summed E-state index contributed by atoms with van der Waals surface area (Å²) in [7, 11) is 7.51. The van der Waals surface area contributed by atoms with Crippen LogP contribution in [0.5, 0.6) is 28.7 Å². The molecule has 0 aliphatic heterocycles. The molecule has 4 rings (SSSR count). The molecular weight excluding hydrogens is 528 g/mol. The lowest BCUT2D eigenvalue weighted by Crippen LogP contribution is -2.47. The predicted octanol–water partition coefficient (Wildman–Crippen LogP) is 4.36. The molecule has 2 aromatic carbocycles. The van der Waals surface area contributed by atoms with E-state index in [1.165, 1.54) is 59.0 Å². The van der Waals surface area contributed by atoms with Crippen LogP contribution in [0, 0.1) is 0 Å². The Labute approximate surface area is 239 Å². The first-order valence-electron chi connectivity index (χ1n) is 13.4. The Morgan fingerprint density at radius 1 is 0.829 bits per heavy atom. The van der Waals surface area contributed by atoms with Crippen molar-refractivity contribution >= 4 is 17.5 Å². The smallest absolute Gasteiger partial charge is 0.279 e. The zero-order chi connectivity index (χ0) is 29.4. The Bertz CT molecular complexity index is 1300. The van der Waals surface area contributed by atoms with Crippen LogP contribution < -0.4 is 33.9 Å². The van der Waals surface area contributed by atoms with E-state index in [9.17, 15) is 9.59 Å². The molecule has 1 unspecified atom stereocenters. The molecule has 1 atom stereocenters. The molecule has 11 nitrogen and oxygen atoms in total. The van der Waals surface area contributed by atoms with E-state index in [-0.39, 0.29) is 17.6 Å². The van der Waals surface area contributed by atoms with Crippen molar-refractivity contribution in [3.05, 3.63) is 60.2 Å². The summed E-state index contributed by atoms with van der Waals surface area (Å²) in [6.07, 6.45) is 9.15. The van der Waals surface area contributed by atoms with Gasteiger partial charge in [0.15, 0.2) is 11.5 Å².